The summed E-state index contributed by atoms with van der Waals surface area (Å²) in [4.78, 5) is 0. The molecule has 1 rings (SSSR count). The molecule has 1 aliphatic rings. The van der Waals surface area contributed by atoms with Crippen LogP contribution in [0.5, 0.6) is 0 Å². The van der Waals surface area contributed by atoms with Crippen LogP contribution in [0.15, 0.2) is 11.1 Å². The van der Waals surface area contributed by atoms with Crippen LogP contribution in [-0.4, -0.2) is 19.1 Å². The third kappa shape index (κ3) is 3.99. The average Bonchev–Trinajstić information content (AvgIpc) is 2.52. The Morgan fingerprint density at radius 2 is 2.36 bits per heavy atom. The maximum absolute atomic E-state index is 5.60. The average molecular weight is 212 g/mol. The van der Waals surface area contributed by atoms with E-state index in [1.165, 1.54) is 19.1 Å². The Bertz CT molecular complexity index is 186. The van der Waals surface area contributed by atoms with Crippen molar-refractivity contribution in [1.82, 2.24) is 0 Å². The predicted octanol–water partition coefficient (Wildman–Crippen LogP) is 3.69. The summed E-state index contributed by atoms with van der Waals surface area (Å²) in [6.45, 7) is 8.14. The van der Waals surface area contributed by atoms with Crippen LogP contribution < -0.4 is 0 Å². The Morgan fingerprint density at radius 1 is 1.57 bits per heavy atom. The van der Waals surface area contributed by atoms with E-state index < -0.39 is 0 Å². The van der Waals surface area contributed by atoms with Crippen LogP contribution in [-0.2, 0) is 4.74 Å². The zero-order valence-electron chi connectivity index (χ0n) is 9.58. The predicted molar refractivity (Wildman–Crippen MR) is 67.0 cm³/mol. The SMILES string of the molecule is CCO/C(=C/B1CCC(C)C1)SCC. The fraction of sp³-hybridized carbons (Fsp3) is 0.818. The van der Waals surface area contributed by atoms with Gasteiger partial charge < -0.3 is 4.74 Å². The summed E-state index contributed by atoms with van der Waals surface area (Å²) >= 11 is 1.83. The molecular formula is C11H21BOS. The molecule has 1 saturated heterocycles. The fourth-order valence-electron chi connectivity index (χ4n) is 2.02. The third-order valence-electron chi connectivity index (χ3n) is 2.68. The van der Waals surface area contributed by atoms with Crippen molar-refractivity contribution in [2.45, 2.75) is 39.8 Å². The van der Waals surface area contributed by atoms with E-state index in [-0.39, 0.29) is 0 Å². The van der Waals surface area contributed by atoms with Crippen molar-refractivity contribution < 1.29 is 4.74 Å². The maximum Gasteiger partial charge on any atom is 0.172 e. The summed E-state index contributed by atoms with van der Waals surface area (Å²) in [5, 5.41) is 1.15. The molecule has 0 amide bonds. The van der Waals surface area contributed by atoms with Gasteiger partial charge in [-0.05, 0) is 12.7 Å². The number of ether oxygens (including phenoxy) is 1. The van der Waals surface area contributed by atoms with Gasteiger partial charge in [0.1, 0.15) is 5.09 Å². The van der Waals surface area contributed by atoms with Gasteiger partial charge in [0, 0.05) is 0 Å². The van der Waals surface area contributed by atoms with Gasteiger partial charge in [-0.2, -0.15) is 0 Å². The quantitative estimate of drug-likeness (QED) is 0.507. The van der Waals surface area contributed by atoms with E-state index in [1.807, 2.05) is 11.8 Å². The lowest BCUT2D eigenvalue weighted by Crippen LogP contribution is -2.05. The van der Waals surface area contributed by atoms with Gasteiger partial charge in [0.25, 0.3) is 0 Å². The van der Waals surface area contributed by atoms with Crippen LogP contribution in [0.4, 0.5) is 0 Å². The topological polar surface area (TPSA) is 9.23 Å². The van der Waals surface area contributed by atoms with Gasteiger partial charge in [0.2, 0.25) is 0 Å². The Morgan fingerprint density at radius 3 is 2.86 bits per heavy atom. The van der Waals surface area contributed by atoms with E-state index in [0.29, 0.717) is 0 Å². The number of thioether (sulfide) groups is 1. The summed E-state index contributed by atoms with van der Waals surface area (Å²) < 4.78 is 5.60. The first kappa shape index (κ1) is 12.0. The van der Waals surface area contributed by atoms with Gasteiger partial charge in [-0.1, -0.05) is 56.6 Å². The maximum atomic E-state index is 5.60. The molecule has 1 heterocycles. The van der Waals surface area contributed by atoms with Crippen LogP contribution in [0.1, 0.15) is 27.2 Å². The Labute approximate surface area is 92.8 Å². The second-order valence-corrected chi connectivity index (χ2v) is 5.30. The highest BCUT2D eigenvalue weighted by Crippen LogP contribution is 2.29. The van der Waals surface area contributed by atoms with Gasteiger partial charge in [-0.15, -0.1) is 0 Å². The molecule has 0 bridgehead atoms. The molecule has 0 aliphatic carbocycles. The summed E-state index contributed by atoms with van der Waals surface area (Å²) in [5.74, 6) is 4.36. The normalized spacial score (nSPS) is 22.9. The Kier molecular flexibility index (Phi) is 5.53. The molecule has 0 aromatic carbocycles. The highest BCUT2D eigenvalue weighted by Gasteiger charge is 2.23. The molecule has 0 aromatic heterocycles. The first-order valence-electron chi connectivity index (χ1n) is 5.73. The molecule has 0 saturated carbocycles. The zero-order valence-corrected chi connectivity index (χ0v) is 10.4. The fourth-order valence-corrected chi connectivity index (χ4v) is 2.79. The summed E-state index contributed by atoms with van der Waals surface area (Å²) in [6.07, 6.45) is 4.08. The van der Waals surface area contributed by atoms with Crippen LogP contribution >= 0.6 is 11.8 Å². The number of hydrogen-bond donors (Lipinski definition) is 0. The van der Waals surface area contributed by atoms with E-state index in [1.54, 1.807) is 0 Å². The molecule has 1 aliphatic heterocycles. The first-order valence-corrected chi connectivity index (χ1v) is 6.72. The first-order chi connectivity index (χ1) is 6.76. The van der Waals surface area contributed by atoms with E-state index in [9.17, 15) is 0 Å². The molecule has 0 aromatic rings. The standard InChI is InChI=1S/C11H21BOS/c1-4-13-11(14-5-2)9-12-7-6-10(3)8-12/h9-10H,4-8H2,1-3H3/b11-9-. The van der Waals surface area contributed by atoms with Gasteiger partial charge in [0.15, 0.2) is 6.71 Å². The van der Waals surface area contributed by atoms with Crippen molar-refractivity contribution in [3.05, 3.63) is 11.1 Å². The highest BCUT2D eigenvalue weighted by atomic mass is 32.2. The molecule has 1 atom stereocenters. The third-order valence-corrected chi connectivity index (χ3v) is 3.51. The molecule has 0 radical (unpaired) electrons. The van der Waals surface area contributed by atoms with E-state index in [2.05, 4.69) is 26.7 Å². The van der Waals surface area contributed by atoms with E-state index in [4.69, 9.17) is 4.74 Å². The minimum Gasteiger partial charge on any atom is -0.489 e. The van der Waals surface area contributed by atoms with Crippen LogP contribution in [0.3, 0.4) is 0 Å². The van der Waals surface area contributed by atoms with Crippen molar-refractivity contribution in [2.75, 3.05) is 12.4 Å². The monoisotopic (exact) mass is 212 g/mol. The molecule has 1 fully saturated rings. The van der Waals surface area contributed by atoms with Crippen molar-refractivity contribution >= 4 is 18.5 Å². The van der Waals surface area contributed by atoms with Crippen LogP contribution in [0.25, 0.3) is 0 Å². The van der Waals surface area contributed by atoms with Crippen LogP contribution in [0, 0.1) is 5.92 Å². The summed E-state index contributed by atoms with van der Waals surface area (Å²) in [5.41, 5.74) is 0. The highest BCUT2D eigenvalue weighted by molar-refractivity contribution is 8.02. The molecule has 3 heteroatoms. The second kappa shape index (κ2) is 6.44. The van der Waals surface area contributed by atoms with E-state index in [0.717, 1.165) is 30.1 Å². The second-order valence-electron chi connectivity index (χ2n) is 4.03. The molecule has 1 nitrogen and oxygen atoms in total. The van der Waals surface area contributed by atoms with Crippen molar-refractivity contribution in [3.8, 4) is 0 Å². The summed E-state index contributed by atoms with van der Waals surface area (Å²) in [7, 11) is 0. The lowest BCUT2D eigenvalue weighted by atomic mass is 9.48. The number of rotatable bonds is 5. The van der Waals surface area contributed by atoms with E-state index >= 15 is 0 Å². The molecule has 14 heavy (non-hydrogen) atoms. The van der Waals surface area contributed by atoms with Crippen LogP contribution in [0.2, 0.25) is 12.6 Å². The smallest absolute Gasteiger partial charge is 0.172 e. The van der Waals surface area contributed by atoms with Crippen molar-refractivity contribution in [3.63, 3.8) is 0 Å². The number of hydrogen-bond acceptors (Lipinski definition) is 2. The minimum absolute atomic E-state index is 0.769. The lowest BCUT2D eigenvalue weighted by Gasteiger charge is -2.08. The largest absolute Gasteiger partial charge is 0.489 e. The molecular weight excluding hydrogens is 191 g/mol. The molecule has 1 unspecified atom stereocenters. The van der Waals surface area contributed by atoms with Crippen molar-refractivity contribution in [1.29, 1.82) is 0 Å². The van der Waals surface area contributed by atoms with Gasteiger partial charge in [0.05, 0.1) is 6.61 Å². The van der Waals surface area contributed by atoms with Crippen molar-refractivity contribution in [2.24, 2.45) is 5.92 Å². The molecule has 80 valence electrons. The van der Waals surface area contributed by atoms with Gasteiger partial charge >= 0.3 is 0 Å². The van der Waals surface area contributed by atoms with Gasteiger partial charge in [-0.3, -0.25) is 0 Å². The van der Waals surface area contributed by atoms with Gasteiger partial charge in [-0.25, -0.2) is 0 Å². The Balaban J connectivity index is 2.44. The Hall–Kier alpha value is -0.0451. The molecule has 0 spiro atoms. The zero-order chi connectivity index (χ0) is 10.4. The summed E-state index contributed by atoms with van der Waals surface area (Å²) in [6, 6.07) is 0. The lowest BCUT2D eigenvalue weighted by molar-refractivity contribution is 0.258. The minimum atomic E-state index is 0.769. The molecule has 0 N–H and O–H groups in total.